The number of rotatable bonds is 8. The van der Waals surface area contributed by atoms with E-state index >= 15 is 0 Å². The molecule has 1 unspecified atom stereocenters. The number of furan rings is 1. The van der Waals surface area contributed by atoms with Gasteiger partial charge in [0.05, 0.1) is 24.5 Å². The van der Waals surface area contributed by atoms with E-state index in [9.17, 15) is 0 Å². The van der Waals surface area contributed by atoms with Crippen molar-refractivity contribution in [1.82, 2.24) is 15.5 Å². The maximum absolute atomic E-state index is 5.82. The van der Waals surface area contributed by atoms with Crippen molar-refractivity contribution >= 4 is 5.96 Å². The predicted molar refractivity (Wildman–Crippen MR) is 111 cm³/mol. The van der Waals surface area contributed by atoms with Crippen molar-refractivity contribution in [2.45, 2.75) is 50.7 Å². The van der Waals surface area contributed by atoms with Crippen molar-refractivity contribution in [3.05, 3.63) is 24.2 Å². The Morgan fingerprint density at radius 1 is 1.25 bits per heavy atom. The Bertz CT molecular complexity index is 578. The molecule has 3 rings (SSSR count). The number of likely N-dealkylation sites (tertiary alicyclic amines) is 1. The van der Waals surface area contributed by atoms with E-state index in [-0.39, 0.29) is 11.6 Å². The normalized spacial score (nSPS) is 22.0. The van der Waals surface area contributed by atoms with E-state index in [0.717, 1.165) is 64.0 Å². The highest BCUT2D eigenvalue weighted by Crippen LogP contribution is 2.26. The summed E-state index contributed by atoms with van der Waals surface area (Å²) in [4.78, 5) is 7.37. The molecule has 1 atom stereocenters. The molecule has 0 aliphatic carbocycles. The van der Waals surface area contributed by atoms with E-state index in [1.54, 1.807) is 13.4 Å². The lowest BCUT2D eigenvalue weighted by Crippen LogP contribution is -2.46. The molecule has 1 aromatic heterocycles. The van der Waals surface area contributed by atoms with Crippen LogP contribution in [0, 0.1) is 0 Å². The topological polar surface area (TPSA) is 71.3 Å². The molecule has 1 aromatic rings. The smallest absolute Gasteiger partial charge is 0.191 e. The van der Waals surface area contributed by atoms with Gasteiger partial charge in [-0.1, -0.05) is 6.42 Å². The van der Waals surface area contributed by atoms with Crippen molar-refractivity contribution in [2.75, 3.05) is 53.0 Å². The van der Waals surface area contributed by atoms with Crippen LogP contribution in [-0.4, -0.2) is 69.5 Å². The number of guanidine groups is 1. The standard InChI is InChI=1S/C21H36N4O3/c1-3-22-20(24-17-21(26-2)9-14-27-15-10-21)23-16-18(19-8-7-13-28-19)25-11-5-4-6-12-25/h7-8,13,18H,3-6,9-12,14-17H2,1-2H3,(H2,22,23,24). The summed E-state index contributed by atoms with van der Waals surface area (Å²) >= 11 is 0. The number of nitrogens with one attached hydrogen (secondary N) is 2. The minimum Gasteiger partial charge on any atom is -0.468 e. The third-order valence-electron chi connectivity index (χ3n) is 5.87. The summed E-state index contributed by atoms with van der Waals surface area (Å²) in [5.41, 5.74) is -0.214. The number of piperidine rings is 1. The summed E-state index contributed by atoms with van der Waals surface area (Å²) in [6.07, 6.45) is 7.36. The lowest BCUT2D eigenvalue weighted by Gasteiger charge is -2.35. The second-order valence-electron chi connectivity index (χ2n) is 7.70. The monoisotopic (exact) mass is 392 g/mol. The fourth-order valence-corrected chi connectivity index (χ4v) is 4.05. The molecular weight excluding hydrogens is 356 g/mol. The van der Waals surface area contributed by atoms with Crippen LogP contribution in [0.25, 0.3) is 0 Å². The first-order valence-corrected chi connectivity index (χ1v) is 10.7. The average Bonchev–Trinajstić information content (AvgIpc) is 3.28. The van der Waals surface area contributed by atoms with Gasteiger partial charge in [-0.15, -0.1) is 0 Å². The first-order valence-electron chi connectivity index (χ1n) is 10.7. The Balaban J connectivity index is 1.64. The molecule has 0 spiro atoms. The van der Waals surface area contributed by atoms with E-state index in [1.807, 2.05) is 6.07 Å². The molecule has 0 saturated carbocycles. The molecule has 2 aliphatic heterocycles. The molecule has 0 radical (unpaired) electrons. The molecule has 28 heavy (non-hydrogen) atoms. The Kier molecular flexibility index (Phi) is 8.18. The third-order valence-corrected chi connectivity index (χ3v) is 5.87. The zero-order valence-corrected chi connectivity index (χ0v) is 17.4. The summed E-state index contributed by atoms with van der Waals surface area (Å²) in [5.74, 6) is 1.85. The highest BCUT2D eigenvalue weighted by molar-refractivity contribution is 5.79. The van der Waals surface area contributed by atoms with Crippen LogP contribution in [0.2, 0.25) is 0 Å². The molecule has 2 saturated heterocycles. The van der Waals surface area contributed by atoms with Crippen molar-refractivity contribution in [3.63, 3.8) is 0 Å². The van der Waals surface area contributed by atoms with Gasteiger partial charge in [-0.2, -0.15) is 0 Å². The van der Waals surface area contributed by atoms with Gasteiger partial charge >= 0.3 is 0 Å². The third kappa shape index (κ3) is 5.72. The van der Waals surface area contributed by atoms with Crippen LogP contribution in [0.5, 0.6) is 0 Å². The van der Waals surface area contributed by atoms with Crippen molar-refractivity contribution in [1.29, 1.82) is 0 Å². The highest BCUT2D eigenvalue weighted by Gasteiger charge is 2.32. The van der Waals surface area contributed by atoms with Gasteiger partial charge in [0.2, 0.25) is 0 Å². The lowest BCUT2D eigenvalue weighted by atomic mass is 9.94. The van der Waals surface area contributed by atoms with E-state index in [1.165, 1.54) is 19.3 Å². The molecule has 7 nitrogen and oxygen atoms in total. The molecule has 0 aromatic carbocycles. The predicted octanol–water partition coefficient (Wildman–Crippen LogP) is 2.56. The summed E-state index contributed by atoms with van der Waals surface area (Å²) in [5, 5.41) is 6.91. The lowest BCUT2D eigenvalue weighted by molar-refractivity contribution is -0.0828. The molecule has 2 N–H and O–H groups in total. The number of hydrogen-bond donors (Lipinski definition) is 2. The van der Waals surface area contributed by atoms with Crippen LogP contribution in [0.15, 0.2) is 27.8 Å². The Morgan fingerprint density at radius 2 is 2.04 bits per heavy atom. The SMILES string of the molecule is CCNC(=NCC1(OC)CCOCC1)NCC(c1ccco1)N1CCCCC1. The van der Waals surface area contributed by atoms with Crippen LogP contribution in [0.3, 0.4) is 0 Å². The Labute approximate surface area is 168 Å². The molecule has 3 heterocycles. The van der Waals surface area contributed by atoms with Gasteiger partial charge in [-0.3, -0.25) is 9.89 Å². The van der Waals surface area contributed by atoms with Gasteiger partial charge in [0, 0.05) is 46.3 Å². The first kappa shape index (κ1) is 21.1. The second kappa shape index (κ2) is 10.8. The minimum absolute atomic E-state index is 0.214. The van der Waals surface area contributed by atoms with Gasteiger partial charge in [0.15, 0.2) is 5.96 Å². The van der Waals surface area contributed by atoms with E-state index in [4.69, 9.17) is 18.9 Å². The molecule has 158 valence electrons. The van der Waals surface area contributed by atoms with Crippen LogP contribution in [0.4, 0.5) is 0 Å². The van der Waals surface area contributed by atoms with Gasteiger partial charge < -0.3 is 24.5 Å². The molecule has 7 heteroatoms. The van der Waals surface area contributed by atoms with Gasteiger partial charge in [0.25, 0.3) is 0 Å². The number of nitrogens with zero attached hydrogens (tertiary/aromatic N) is 2. The minimum atomic E-state index is -0.214. The van der Waals surface area contributed by atoms with E-state index in [0.29, 0.717) is 6.54 Å². The van der Waals surface area contributed by atoms with Crippen LogP contribution < -0.4 is 10.6 Å². The van der Waals surface area contributed by atoms with Crippen molar-refractivity contribution in [2.24, 2.45) is 4.99 Å². The first-order chi connectivity index (χ1) is 13.8. The van der Waals surface area contributed by atoms with Crippen LogP contribution in [0.1, 0.15) is 50.8 Å². The summed E-state index contributed by atoms with van der Waals surface area (Å²) in [6, 6.07) is 4.27. The zero-order valence-electron chi connectivity index (χ0n) is 17.4. The quantitative estimate of drug-likeness (QED) is 0.523. The van der Waals surface area contributed by atoms with Gasteiger partial charge in [-0.25, -0.2) is 0 Å². The van der Waals surface area contributed by atoms with E-state index < -0.39 is 0 Å². The maximum Gasteiger partial charge on any atom is 0.191 e. The van der Waals surface area contributed by atoms with Crippen LogP contribution >= 0.6 is 0 Å². The molecular formula is C21H36N4O3. The van der Waals surface area contributed by atoms with Crippen molar-refractivity contribution < 1.29 is 13.9 Å². The molecule has 2 fully saturated rings. The van der Waals surface area contributed by atoms with E-state index in [2.05, 4.69) is 28.5 Å². The molecule has 0 amide bonds. The van der Waals surface area contributed by atoms with Crippen LogP contribution in [-0.2, 0) is 9.47 Å². The fourth-order valence-electron chi connectivity index (χ4n) is 4.05. The average molecular weight is 393 g/mol. The number of hydrogen-bond acceptors (Lipinski definition) is 5. The summed E-state index contributed by atoms with van der Waals surface area (Å²) in [7, 11) is 1.78. The largest absolute Gasteiger partial charge is 0.468 e. The number of aliphatic imine (C=N–C) groups is 1. The van der Waals surface area contributed by atoms with Crippen molar-refractivity contribution in [3.8, 4) is 0 Å². The molecule has 2 aliphatic rings. The maximum atomic E-state index is 5.82. The van der Waals surface area contributed by atoms with Gasteiger partial charge in [0.1, 0.15) is 5.76 Å². The number of methoxy groups -OCH3 is 1. The Morgan fingerprint density at radius 3 is 2.68 bits per heavy atom. The Hall–Kier alpha value is -1.57. The summed E-state index contributed by atoms with van der Waals surface area (Å²) in [6.45, 7) is 8.03. The number of ether oxygens (including phenoxy) is 2. The zero-order chi connectivity index (χ0) is 19.7. The second-order valence-corrected chi connectivity index (χ2v) is 7.70. The van der Waals surface area contributed by atoms with Gasteiger partial charge in [-0.05, 0) is 45.0 Å². The summed E-state index contributed by atoms with van der Waals surface area (Å²) < 4.78 is 17.1. The highest BCUT2D eigenvalue weighted by atomic mass is 16.5. The fraction of sp³-hybridized carbons (Fsp3) is 0.762. The molecule has 0 bridgehead atoms.